The van der Waals surface area contributed by atoms with E-state index in [2.05, 4.69) is 10.6 Å². The average molecular weight is 498 g/mol. The average Bonchev–Trinajstić information content (AvgIpc) is 3.58. The Morgan fingerprint density at radius 3 is 2.56 bits per heavy atom. The van der Waals surface area contributed by atoms with Crippen LogP contribution in [0.5, 0.6) is 0 Å². The molecular formula is C27H35N3O6. The highest BCUT2D eigenvalue weighted by molar-refractivity contribution is 5.95. The van der Waals surface area contributed by atoms with Crippen LogP contribution in [-0.2, 0) is 16.1 Å². The number of amides is 3. The summed E-state index contributed by atoms with van der Waals surface area (Å²) < 4.78 is 10.6. The standard InChI is InChI=1S/C27H35N3O6/c31-23-17-30(27(34)36-18-20-10-2-1-3-11-20)14-6-12-21(23)28-25(32)22(16-19-8-4-5-9-19)29-26(33)24-13-7-15-35-24/h1-3,7,10-11,13,15,19,21-23,31H,4-6,8-9,12,14,16-18H2,(H,28,32)(H,29,33). The van der Waals surface area contributed by atoms with E-state index in [1.165, 1.54) is 11.2 Å². The Hall–Kier alpha value is -3.33. The quantitative estimate of drug-likeness (QED) is 0.515. The number of rotatable bonds is 8. The number of nitrogens with one attached hydrogen (secondary N) is 2. The summed E-state index contributed by atoms with van der Waals surface area (Å²) in [5.41, 5.74) is 0.885. The second-order valence-corrected chi connectivity index (χ2v) is 9.70. The summed E-state index contributed by atoms with van der Waals surface area (Å²) in [6.45, 7) is 0.646. The molecule has 1 aromatic heterocycles. The van der Waals surface area contributed by atoms with Gasteiger partial charge in [-0.2, -0.15) is 0 Å². The Morgan fingerprint density at radius 2 is 1.83 bits per heavy atom. The monoisotopic (exact) mass is 497 g/mol. The minimum Gasteiger partial charge on any atom is -0.459 e. The van der Waals surface area contributed by atoms with Crippen molar-refractivity contribution in [1.29, 1.82) is 0 Å². The van der Waals surface area contributed by atoms with Gasteiger partial charge in [0.15, 0.2) is 5.76 Å². The van der Waals surface area contributed by atoms with Gasteiger partial charge in [0.05, 0.1) is 25.0 Å². The molecule has 1 saturated heterocycles. The zero-order chi connectivity index (χ0) is 25.3. The van der Waals surface area contributed by atoms with Crippen LogP contribution in [0.25, 0.3) is 0 Å². The predicted molar refractivity (Wildman–Crippen MR) is 132 cm³/mol. The van der Waals surface area contributed by atoms with Gasteiger partial charge >= 0.3 is 6.09 Å². The summed E-state index contributed by atoms with van der Waals surface area (Å²) in [5, 5.41) is 16.6. The maximum atomic E-state index is 13.3. The van der Waals surface area contributed by atoms with E-state index in [9.17, 15) is 19.5 Å². The van der Waals surface area contributed by atoms with Crippen LogP contribution >= 0.6 is 0 Å². The molecular weight excluding hydrogens is 462 g/mol. The summed E-state index contributed by atoms with van der Waals surface area (Å²) in [4.78, 5) is 39.9. The third-order valence-electron chi connectivity index (χ3n) is 7.02. The van der Waals surface area contributed by atoms with Crippen molar-refractivity contribution in [2.45, 2.75) is 69.7 Å². The Balaban J connectivity index is 1.33. The molecule has 0 radical (unpaired) electrons. The summed E-state index contributed by atoms with van der Waals surface area (Å²) in [6, 6.07) is 11.3. The molecule has 194 valence electrons. The lowest BCUT2D eigenvalue weighted by Gasteiger charge is -2.27. The Kier molecular flexibility index (Phi) is 9.00. The van der Waals surface area contributed by atoms with Gasteiger partial charge in [-0.3, -0.25) is 9.59 Å². The van der Waals surface area contributed by atoms with Gasteiger partial charge in [-0.1, -0.05) is 56.0 Å². The molecule has 2 heterocycles. The van der Waals surface area contributed by atoms with Crippen molar-refractivity contribution in [2.75, 3.05) is 13.1 Å². The van der Waals surface area contributed by atoms with E-state index < -0.39 is 30.2 Å². The summed E-state index contributed by atoms with van der Waals surface area (Å²) >= 11 is 0. The second-order valence-electron chi connectivity index (χ2n) is 9.70. The molecule has 3 amide bonds. The lowest BCUT2D eigenvalue weighted by Crippen LogP contribution is -2.54. The lowest BCUT2D eigenvalue weighted by atomic mass is 9.97. The van der Waals surface area contributed by atoms with E-state index in [-0.39, 0.29) is 24.8 Å². The first-order valence-electron chi connectivity index (χ1n) is 12.8. The Morgan fingerprint density at radius 1 is 1.06 bits per heavy atom. The first-order valence-corrected chi connectivity index (χ1v) is 12.8. The molecule has 0 bridgehead atoms. The fourth-order valence-corrected chi connectivity index (χ4v) is 5.01. The number of β-amino-alcohol motifs (C(OH)–C–C–N with tert-alkyl or cyclic N) is 1. The number of aliphatic hydroxyl groups excluding tert-OH is 1. The molecule has 0 spiro atoms. The van der Waals surface area contributed by atoms with Gasteiger partial charge < -0.3 is 29.8 Å². The predicted octanol–water partition coefficient (Wildman–Crippen LogP) is 3.24. The van der Waals surface area contributed by atoms with E-state index in [0.29, 0.717) is 31.7 Å². The molecule has 3 atom stereocenters. The number of nitrogens with zero attached hydrogens (tertiary/aromatic N) is 1. The molecule has 9 nitrogen and oxygen atoms in total. The number of carbonyl (C=O) groups excluding carboxylic acids is 3. The zero-order valence-corrected chi connectivity index (χ0v) is 20.4. The van der Waals surface area contributed by atoms with Crippen molar-refractivity contribution >= 4 is 17.9 Å². The molecule has 2 aromatic rings. The maximum Gasteiger partial charge on any atom is 0.410 e. The van der Waals surface area contributed by atoms with Crippen LogP contribution in [0.3, 0.4) is 0 Å². The fourth-order valence-electron chi connectivity index (χ4n) is 5.01. The van der Waals surface area contributed by atoms with Crippen molar-refractivity contribution in [2.24, 2.45) is 5.92 Å². The van der Waals surface area contributed by atoms with E-state index in [0.717, 1.165) is 31.2 Å². The summed E-state index contributed by atoms with van der Waals surface area (Å²) in [5.74, 6) is -0.247. The number of furan rings is 1. The van der Waals surface area contributed by atoms with Gasteiger partial charge in [0, 0.05) is 6.54 Å². The Bertz CT molecular complexity index is 990. The highest BCUT2D eigenvalue weighted by atomic mass is 16.6. The van der Waals surface area contributed by atoms with Crippen LogP contribution < -0.4 is 10.6 Å². The number of carbonyl (C=O) groups is 3. The van der Waals surface area contributed by atoms with Crippen molar-refractivity contribution < 1.29 is 28.6 Å². The van der Waals surface area contributed by atoms with Crippen molar-refractivity contribution in [3.05, 3.63) is 60.1 Å². The summed E-state index contributed by atoms with van der Waals surface area (Å²) in [7, 11) is 0. The highest BCUT2D eigenvalue weighted by Crippen LogP contribution is 2.29. The van der Waals surface area contributed by atoms with Gasteiger partial charge in [-0.05, 0) is 42.9 Å². The van der Waals surface area contributed by atoms with Crippen LogP contribution in [0.4, 0.5) is 4.79 Å². The molecule has 4 rings (SSSR count). The highest BCUT2D eigenvalue weighted by Gasteiger charge is 2.33. The molecule has 2 fully saturated rings. The number of aliphatic hydroxyl groups is 1. The van der Waals surface area contributed by atoms with Crippen LogP contribution in [0.2, 0.25) is 0 Å². The number of ether oxygens (including phenoxy) is 1. The van der Waals surface area contributed by atoms with Gasteiger partial charge in [0.2, 0.25) is 5.91 Å². The van der Waals surface area contributed by atoms with Crippen LogP contribution in [0.1, 0.15) is 61.1 Å². The first-order chi connectivity index (χ1) is 17.5. The number of hydrogen-bond acceptors (Lipinski definition) is 6. The minimum atomic E-state index is -0.950. The SMILES string of the molecule is O=C(NC(CC1CCCC1)C(=O)NC1CCCN(C(=O)OCc2ccccc2)CC1O)c1ccco1. The third-order valence-corrected chi connectivity index (χ3v) is 7.02. The Labute approximate surface area is 211 Å². The maximum absolute atomic E-state index is 13.3. The van der Waals surface area contributed by atoms with E-state index >= 15 is 0 Å². The van der Waals surface area contributed by atoms with Gasteiger partial charge in [0.25, 0.3) is 5.91 Å². The molecule has 2 aliphatic rings. The largest absolute Gasteiger partial charge is 0.459 e. The topological polar surface area (TPSA) is 121 Å². The van der Waals surface area contributed by atoms with E-state index in [1.54, 1.807) is 12.1 Å². The molecule has 1 aliphatic heterocycles. The van der Waals surface area contributed by atoms with Crippen molar-refractivity contribution in [3.63, 3.8) is 0 Å². The van der Waals surface area contributed by atoms with Gasteiger partial charge in [-0.15, -0.1) is 0 Å². The third kappa shape index (κ3) is 7.10. The summed E-state index contributed by atoms with van der Waals surface area (Å²) in [6.07, 6.45) is 5.96. The van der Waals surface area contributed by atoms with Crippen LogP contribution in [0, 0.1) is 5.92 Å². The van der Waals surface area contributed by atoms with Crippen LogP contribution in [-0.4, -0.2) is 59.2 Å². The van der Waals surface area contributed by atoms with Crippen molar-refractivity contribution in [1.82, 2.24) is 15.5 Å². The smallest absolute Gasteiger partial charge is 0.410 e. The number of likely N-dealkylation sites (tertiary alicyclic amines) is 1. The molecule has 3 N–H and O–H groups in total. The zero-order valence-electron chi connectivity index (χ0n) is 20.4. The fraction of sp³-hybridized carbons (Fsp3) is 0.519. The number of hydrogen-bond donors (Lipinski definition) is 3. The molecule has 3 unspecified atom stereocenters. The van der Waals surface area contributed by atoms with Gasteiger partial charge in [0.1, 0.15) is 12.6 Å². The first kappa shape index (κ1) is 25.8. The van der Waals surface area contributed by atoms with E-state index in [4.69, 9.17) is 9.15 Å². The van der Waals surface area contributed by atoms with Crippen molar-refractivity contribution in [3.8, 4) is 0 Å². The minimum absolute atomic E-state index is 0.0601. The molecule has 1 aliphatic carbocycles. The van der Waals surface area contributed by atoms with E-state index in [1.807, 2.05) is 30.3 Å². The second kappa shape index (κ2) is 12.6. The molecule has 9 heteroatoms. The normalized spacial score (nSPS) is 21.4. The molecule has 1 aromatic carbocycles. The lowest BCUT2D eigenvalue weighted by molar-refractivity contribution is -0.125. The van der Waals surface area contributed by atoms with Gasteiger partial charge in [-0.25, -0.2) is 4.79 Å². The number of benzene rings is 1. The van der Waals surface area contributed by atoms with Crippen LogP contribution in [0.15, 0.2) is 53.1 Å². The molecule has 1 saturated carbocycles. The molecule has 36 heavy (non-hydrogen) atoms.